The molecule has 0 saturated heterocycles. The van der Waals surface area contributed by atoms with Gasteiger partial charge in [0.05, 0.1) is 34.2 Å². The number of nitrogens with zero attached hydrogens (tertiary/aromatic N) is 4. The molecule has 0 fully saturated rings. The SMILES string of the molecule is C1=C(c2ccc3c4ccc(-c5ccc(C6=CC=C(c7ccccn7)CN6)nc5)cc4c4ccccc4c3c2)CNC(c2ccc(-c3ccccn3)cn2)=C1. The van der Waals surface area contributed by atoms with E-state index in [4.69, 9.17) is 9.97 Å². The fourth-order valence-electron chi connectivity index (χ4n) is 7.56. The molecule has 4 aromatic carbocycles. The Morgan fingerprint density at radius 3 is 1.43 bits per heavy atom. The summed E-state index contributed by atoms with van der Waals surface area (Å²) in [6.45, 7) is 1.44. The summed E-state index contributed by atoms with van der Waals surface area (Å²) < 4.78 is 0. The van der Waals surface area contributed by atoms with Crippen LogP contribution in [0.3, 0.4) is 0 Å². The van der Waals surface area contributed by atoms with Crippen molar-refractivity contribution in [1.82, 2.24) is 30.6 Å². The van der Waals surface area contributed by atoms with Gasteiger partial charge in [-0.25, -0.2) is 0 Å². The van der Waals surface area contributed by atoms with Gasteiger partial charge in [-0.2, -0.15) is 0 Å². The minimum Gasteiger partial charge on any atom is -0.379 e. The first-order valence-corrected chi connectivity index (χ1v) is 18.2. The maximum Gasteiger partial charge on any atom is 0.0861 e. The fraction of sp³-hybridized carbons (Fsp3) is 0.0417. The lowest BCUT2D eigenvalue weighted by atomic mass is 9.90. The maximum atomic E-state index is 4.86. The molecule has 4 aromatic heterocycles. The Kier molecular flexibility index (Phi) is 7.84. The van der Waals surface area contributed by atoms with Crippen LogP contribution in [0.4, 0.5) is 0 Å². The Morgan fingerprint density at radius 2 is 0.870 bits per heavy atom. The Labute approximate surface area is 313 Å². The van der Waals surface area contributed by atoms with Gasteiger partial charge in [0.15, 0.2) is 0 Å². The topological polar surface area (TPSA) is 75.6 Å². The van der Waals surface area contributed by atoms with E-state index < -0.39 is 0 Å². The summed E-state index contributed by atoms with van der Waals surface area (Å²) in [7, 11) is 0. The molecule has 0 amide bonds. The quantitative estimate of drug-likeness (QED) is 0.169. The first-order chi connectivity index (χ1) is 26.7. The van der Waals surface area contributed by atoms with E-state index in [1.54, 1.807) is 6.20 Å². The molecule has 2 N–H and O–H groups in total. The summed E-state index contributed by atoms with van der Waals surface area (Å²) in [6.07, 6.45) is 16.1. The molecule has 0 bridgehead atoms. The summed E-state index contributed by atoms with van der Waals surface area (Å²) in [5, 5.41) is 14.6. The van der Waals surface area contributed by atoms with Gasteiger partial charge in [0.25, 0.3) is 0 Å². The summed E-state index contributed by atoms with van der Waals surface area (Å²) in [4.78, 5) is 18.5. The molecule has 2 aliphatic rings. The zero-order valence-corrected chi connectivity index (χ0v) is 29.4. The fourth-order valence-corrected chi connectivity index (χ4v) is 7.56. The number of rotatable bonds is 6. The second-order valence-electron chi connectivity index (χ2n) is 13.6. The van der Waals surface area contributed by atoms with Crippen molar-refractivity contribution < 1.29 is 0 Å². The first kappa shape index (κ1) is 31.5. The van der Waals surface area contributed by atoms with Crippen LogP contribution in [0.1, 0.15) is 22.6 Å². The highest BCUT2D eigenvalue weighted by Crippen LogP contribution is 2.38. The minimum absolute atomic E-state index is 0.715. The predicted molar refractivity (Wildman–Crippen MR) is 222 cm³/mol. The molecule has 0 spiro atoms. The van der Waals surface area contributed by atoms with Gasteiger partial charge in [-0.1, -0.05) is 78.9 Å². The van der Waals surface area contributed by atoms with E-state index in [-0.39, 0.29) is 0 Å². The van der Waals surface area contributed by atoms with Crippen molar-refractivity contribution in [2.45, 2.75) is 0 Å². The molecule has 6 heteroatoms. The van der Waals surface area contributed by atoms with E-state index in [0.29, 0.717) is 6.54 Å². The summed E-state index contributed by atoms with van der Waals surface area (Å²) in [5.74, 6) is 0. The van der Waals surface area contributed by atoms with E-state index in [1.165, 1.54) is 43.5 Å². The van der Waals surface area contributed by atoms with Crippen molar-refractivity contribution in [3.8, 4) is 22.4 Å². The maximum absolute atomic E-state index is 4.86. The smallest absolute Gasteiger partial charge is 0.0861 e. The zero-order chi connectivity index (χ0) is 35.8. The van der Waals surface area contributed by atoms with Gasteiger partial charge in [0.2, 0.25) is 0 Å². The Bertz CT molecular complexity index is 2820. The number of allylic oxidation sites excluding steroid dienone is 4. The third-order valence-corrected chi connectivity index (χ3v) is 10.4. The highest BCUT2D eigenvalue weighted by molar-refractivity contribution is 6.26. The number of hydrogen-bond acceptors (Lipinski definition) is 6. The number of aromatic nitrogens is 4. The lowest BCUT2D eigenvalue weighted by Crippen LogP contribution is -2.19. The molecule has 54 heavy (non-hydrogen) atoms. The molecule has 0 saturated carbocycles. The van der Waals surface area contributed by atoms with Gasteiger partial charge in [0, 0.05) is 49.0 Å². The van der Waals surface area contributed by atoms with Crippen molar-refractivity contribution in [3.05, 3.63) is 193 Å². The average Bonchev–Trinajstić information content (AvgIpc) is 3.27. The van der Waals surface area contributed by atoms with Crippen molar-refractivity contribution in [3.63, 3.8) is 0 Å². The van der Waals surface area contributed by atoms with Gasteiger partial charge in [0.1, 0.15) is 0 Å². The summed E-state index contributed by atoms with van der Waals surface area (Å²) >= 11 is 0. The van der Waals surface area contributed by atoms with E-state index in [9.17, 15) is 0 Å². The van der Waals surface area contributed by atoms with Crippen LogP contribution in [0.25, 0.3) is 77.2 Å². The molecule has 2 aliphatic heterocycles. The summed E-state index contributed by atoms with van der Waals surface area (Å²) in [5.41, 5.74) is 12.6. The van der Waals surface area contributed by atoms with Crippen LogP contribution in [0, 0.1) is 0 Å². The van der Waals surface area contributed by atoms with Crippen LogP contribution in [-0.2, 0) is 0 Å². The van der Waals surface area contributed by atoms with E-state index >= 15 is 0 Å². The second-order valence-corrected chi connectivity index (χ2v) is 13.6. The number of dihydropyridines is 2. The van der Waals surface area contributed by atoms with Gasteiger partial charge < -0.3 is 10.6 Å². The van der Waals surface area contributed by atoms with Crippen molar-refractivity contribution in [2.75, 3.05) is 13.1 Å². The monoisotopic (exact) mass is 694 g/mol. The highest BCUT2D eigenvalue weighted by atomic mass is 14.9. The third kappa shape index (κ3) is 5.80. The molecule has 10 rings (SSSR count). The first-order valence-electron chi connectivity index (χ1n) is 18.2. The molecule has 0 radical (unpaired) electrons. The zero-order valence-electron chi connectivity index (χ0n) is 29.4. The molecular weight excluding hydrogens is 661 g/mol. The van der Waals surface area contributed by atoms with Crippen LogP contribution in [-0.4, -0.2) is 33.0 Å². The number of pyridine rings is 4. The van der Waals surface area contributed by atoms with Crippen molar-refractivity contribution in [1.29, 1.82) is 0 Å². The van der Waals surface area contributed by atoms with E-state index in [0.717, 1.165) is 63.0 Å². The Hall–Kier alpha value is -7.18. The number of nitrogens with one attached hydrogen (secondary N) is 2. The van der Waals surface area contributed by atoms with Crippen LogP contribution >= 0.6 is 0 Å². The number of fused-ring (bicyclic) bond motifs is 6. The van der Waals surface area contributed by atoms with Gasteiger partial charge in [-0.15, -0.1) is 0 Å². The molecule has 0 unspecified atom stereocenters. The number of hydrogen-bond donors (Lipinski definition) is 2. The van der Waals surface area contributed by atoms with Crippen LogP contribution in [0.5, 0.6) is 0 Å². The Balaban J connectivity index is 0.944. The molecule has 0 atom stereocenters. The lowest BCUT2D eigenvalue weighted by molar-refractivity contribution is 0.986. The number of benzene rings is 4. The van der Waals surface area contributed by atoms with Crippen LogP contribution < -0.4 is 10.6 Å². The standard InChI is InChI=1S/C48H34N6/c1-2-8-38-37(7-1)41-25-31(33-13-19-45(51-27-33)47-21-15-35(29-53-47)43-9-3-5-23-49-43)11-17-39(41)40-18-12-32(26-42(38)40)34-14-20-46(52-28-34)48-22-16-36(30-54-48)44-10-4-6-24-50-44/h1-27,30,52-53H,28-29H2. The van der Waals surface area contributed by atoms with Gasteiger partial charge >= 0.3 is 0 Å². The van der Waals surface area contributed by atoms with E-state index in [1.807, 2.05) is 55.0 Å². The third-order valence-electron chi connectivity index (χ3n) is 10.4. The Morgan fingerprint density at radius 1 is 0.352 bits per heavy atom. The van der Waals surface area contributed by atoms with Crippen molar-refractivity contribution in [2.24, 2.45) is 0 Å². The highest BCUT2D eigenvalue weighted by Gasteiger charge is 2.16. The van der Waals surface area contributed by atoms with Crippen molar-refractivity contribution >= 4 is 54.9 Å². The van der Waals surface area contributed by atoms with Gasteiger partial charge in [-0.05, 0) is 121 Å². The normalized spacial score (nSPS) is 14.1. The molecule has 0 aliphatic carbocycles. The minimum atomic E-state index is 0.715. The molecule has 6 heterocycles. The average molecular weight is 695 g/mol. The summed E-state index contributed by atoms with van der Waals surface area (Å²) in [6, 6.07) is 42.7. The molecular formula is C48H34N6. The predicted octanol–water partition coefficient (Wildman–Crippen LogP) is 10.1. The van der Waals surface area contributed by atoms with Crippen LogP contribution in [0.2, 0.25) is 0 Å². The second kappa shape index (κ2) is 13.4. The van der Waals surface area contributed by atoms with Gasteiger partial charge in [-0.3, -0.25) is 19.9 Å². The molecule has 6 nitrogen and oxygen atoms in total. The lowest BCUT2D eigenvalue weighted by Gasteiger charge is -2.19. The largest absolute Gasteiger partial charge is 0.379 e. The van der Waals surface area contributed by atoms with E-state index in [2.05, 4.69) is 130 Å². The molecule has 8 aromatic rings. The van der Waals surface area contributed by atoms with Crippen LogP contribution in [0.15, 0.2) is 170 Å². The molecule has 256 valence electrons.